The van der Waals surface area contributed by atoms with Gasteiger partial charge >= 0.3 is 6.03 Å². The molecule has 1 fully saturated rings. The van der Waals surface area contributed by atoms with E-state index >= 15 is 0 Å². The fourth-order valence-corrected chi connectivity index (χ4v) is 4.42. The summed E-state index contributed by atoms with van der Waals surface area (Å²) in [6.45, 7) is 7.05. The van der Waals surface area contributed by atoms with Crippen LogP contribution in [0.15, 0.2) is 72.8 Å². The SMILES string of the molecule is Cc1cccc(N2CCN(C(=O)CC(NC(N)=O)c3cccc(Oc4ccccc4)c3)CC2)c1C. The van der Waals surface area contributed by atoms with Crippen LogP contribution in [0.4, 0.5) is 10.5 Å². The third-order valence-corrected chi connectivity index (χ3v) is 6.48. The molecule has 4 rings (SSSR count). The summed E-state index contributed by atoms with van der Waals surface area (Å²) >= 11 is 0. The summed E-state index contributed by atoms with van der Waals surface area (Å²) < 4.78 is 5.92. The third kappa shape index (κ3) is 6.12. The number of hydrogen-bond acceptors (Lipinski definition) is 4. The summed E-state index contributed by atoms with van der Waals surface area (Å²) in [7, 11) is 0. The first-order valence-corrected chi connectivity index (χ1v) is 11.9. The summed E-state index contributed by atoms with van der Waals surface area (Å²) in [6.07, 6.45) is 0.126. The van der Waals surface area contributed by atoms with Gasteiger partial charge in [-0.25, -0.2) is 4.79 Å². The highest BCUT2D eigenvalue weighted by Gasteiger charge is 2.26. The number of piperazine rings is 1. The number of carbonyl (C=O) groups excluding carboxylic acids is 2. The minimum absolute atomic E-state index is 0.0151. The second-order valence-electron chi connectivity index (χ2n) is 8.84. The lowest BCUT2D eigenvalue weighted by atomic mass is 10.0. The van der Waals surface area contributed by atoms with Crippen LogP contribution < -0.4 is 20.7 Å². The van der Waals surface area contributed by atoms with E-state index < -0.39 is 12.1 Å². The van der Waals surface area contributed by atoms with Gasteiger partial charge in [-0.05, 0) is 60.9 Å². The van der Waals surface area contributed by atoms with Crippen molar-refractivity contribution in [3.05, 3.63) is 89.5 Å². The van der Waals surface area contributed by atoms with Crippen LogP contribution in [0, 0.1) is 13.8 Å². The van der Waals surface area contributed by atoms with Crippen LogP contribution in [-0.2, 0) is 4.79 Å². The smallest absolute Gasteiger partial charge is 0.312 e. The van der Waals surface area contributed by atoms with Crippen LogP contribution in [-0.4, -0.2) is 43.0 Å². The van der Waals surface area contributed by atoms with E-state index in [4.69, 9.17) is 10.5 Å². The predicted molar refractivity (Wildman–Crippen MR) is 138 cm³/mol. The molecule has 0 aromatic heterocycles. The van der Waals surface area contributed by atoms with Crippen LogP contribution in [0.1, 0.15) is 29.2 Å². The molecule has 7 heteroatoms. The number of hydrogen-bond donors (Lipinski definition) is 2. The molecule has 0 bridgehead atoms. The number of aryl methyl sites for hydroxylation is 1. The van der Waals surface area contributed by atoms with Crippen LogP contribution in [0.2, 0.25) is 0 Å². The zero-order chi connectivity index (χ0) is 24.8. The number of rotatable bonds is 7. The highest BCUT2D eigenvalue weighted by Crippen LogP contribution is 2.27. The van der Waals surface area contributed by atoms with E-state index in [1.807, 2.05) is 59.5 Å². The maximum atomic E-state index is 13.2. The van der Waals surface area contributed by atoms with Gasteiger partial charge in [0.15, 0.2) is 0 Å². The van der Waals surface area contributed by atoms with Crippen molar-refractivity contribution < 1.29 is 14.3 Å². The Kier molecular flexibility index (Phi) is 7.55. The summed E-state index contributed by atoms with van der Waals surface area (Å²) in [6, 6.07) is 21.9. The van der Waals surface area contributed by atoms with Gasteiger partial charge in [-0.1, -0.05) is 42.5 Å². The van der Waals surface area contributed by atoms with Crippen LogP contribution in [0.3, 0.4) is 0 Å². The Morgan fingerprint density at radius 3 is 2.31 bits per heavy atom. The number of nitrogens with one attached hydrogen (secondary N) is 1. The number of para-hydroxylation sites is 1. The van der Waals surface area contributed by atoms with E-state index in [2.05, 4.69) is 42.3 Å². The van der Waals surface area contributed by atoms with Crippen LogP contribution >= 0.6 is 0 Å². The van der Waals surface area contributed by atoms with Crippen LogP contribution in [0.25, 0.3) is 0 Å². The molecule has 1 atom stereocenters. The van der Waals surface area contributed by atoms with E-state index in [9.17, 15) is 9.59 Å². The number of nitrogens with zero attached hydrogens (tertiary/aromatic N) is 2. The zero-order valence-electron chi connectivity index (χ0n) is 20.2. The molecule has 7 nitrogen and oxygen atoms in total. The van der Waals surface area contributed by atoms with Gasteiger partial charge in [-0.3, -0.25) is 4.79 Å². The standard InChI is InChI=1S/C28H32N4O3/c1-20-8-6-13-26(21(20)2)31-14-16-32(17-15-31)27(33)19-25(30-28(29)34)22-9-7-12-24(18-22)35-23-10-4-3-5-11-23/h3-13,18,25H,14-17,19H2,1-2H3,(H3,29,30,34). The van der Waals surface area contributed by atoms with E-state index in [-0.39, 0.29) is 12.3 Å². The van der Waals surface area contributed by atoms with Gasteiger partial charge < -0.3 is 25.6 Å². The van der Waals surface area contributed by atoms with Gasteiger partial charge in [0, 0.05) is 31.9 Å². The molecular formula is C28H32N4O3. The molecule has 3 N–H and O–H groups in total. The molecule has 1 saturated heterocycles. The predicted octanol–water partition coefficient (Wildman–Crippen LogP) is 4.54. The molecule has 3 aromatic carbocycles. The molecule has 3 aromatic rings. The fraction of sp³-hybridized carbons (Fsp3) is 0.286. The topological polar surface area (TPSA) is 87.9 Å². The fourth-order valence-electron chi connectivity index (χ4n) is 4.42. The summed E-state index contributed by atoms with van der Waals surface area (Å²) in [5.41, 5.74) is 9.97. The molecule has 1 unspecified atom stereocenters. The number of ether oxygens (including phenoxy) is 1. The lowest BCUT2D eigenvalue weighted by Gasteiger charge is -2.37. The van der Waals surface area contributed by atoms with Gasteiger partial charge in [0.25, 0.3) is 0 Å². The van der Waals surface area contributed by atoms with Gasteiger partial charge in [0.2, 0.25) is 5.91 Å². The first-order valence-electron chi connectivity index (χ1n) is 11.9. The molecule has 0 aliphatic carbocycles. The zero-order valence-corrected chi connectivity index (χ0v) is 20.2. The number of urea groups is 1. The minimum atomic E-state index is -0.670. The maximum Gasteiger partial charge on any atom is 0.312 e. The molecule has 0 saturated carbocycles. The van der Waals surface area contributed by atoms with Crippen molar-refractivity contribution in [2.24, 2.45) is 5.73 Å². The van der Waals surface area contributed by atoms with E-state index in [0.717, 1.165) is 18.7 Å². The molecule has 182 valence electrons. The molecule has 1 aliphatic rings. The summed E-state index contributed by atoms with van der Waals surface area (Å²) in [5, 5.41) is 2.73. The monoisotopic (exact) mass is 472 g/mol. The lowest BCUT2D eigenvalue weighted by molar-refractivity contribution is -0.132. The number of anilines is 1. The molecule has 0 radical (unpaired) electrons. The Labute approximate surface area is 206 Å². The molecule has 35 heavy (non-hydrogen) atoms. The first-order chi connectivity index (χ1) is 16.9. The van der Waals surface area contributed by atoms with Crippen LogP contribution in [0.5, 0.6) is 11.5 Å². The molecule has 0 spiro atoms. The number of carbonyl (C=O) groups is 2. The van der Waals surface area contributed by atoms with Crippen molar-refractivity contribution >= 4 is 17.6 Å². The Balaban J connectivity index is 1.42. The van der Waals surface area contributed by atoms with Crippen molar-refractivity contribution in [3.63, 3.8) is 0 Å². The van der Waals surface area contributed by atoms with Gasteiger partial charge in [0.1, 0.15) is 11.5 Å². The van der Waals surface area contributed by atoms with Gasteiger partial charge in [-0.15, -0.1) is 0 Å². The van der Waals surface area contributed by atoms with E-state index in [1.54, 1.807) is 0 Å². The Hall–Kier alpha value is -4.00. The third-order valence-electron chi connectivity index (χ3n) is 6.48. The van der Waals surface area contributed by atoms with Crippen molar-refractivity contribution in [2.45, 2.75) is 26.3 Å². The summed E-state index contributed by atoms with van der Waals surface area (Å²) in [5.74, 6) is 1.32. The molecule has 1 aliphatic heterocycles. The highest BCUT2D eigenvalue weighted by atomic mass is 16.5. The maximum absolute atomic E-state index is 13.2. The van der Waals surface area contributed by atoms with E-state index in [0.29, 0.717) is 24.6 Å². The minimum Gasteiger partial charge on any atom is -0.457 e. The number of nitrogens with two attached hydrogens (primary N) is 1. The Morgan fingerprint density at radius 2 is 1.60 bits per heavy atom. The Bertz CT molecular complexity index is 1170. The van der Waals surface area contributed by atoms with E-state index in [1.165, 1.54) is 16.8 Å². The molecular weight excluding hydrogens is 440 g/mol. The second-order valence-corrected chi connectivity index (χ2v) is 8.84. The lowest BCUT2D eigenvalue weighted by Crippen LogP contribution is -2.49. The largest absolute Gasteiger partial charge is 0.457 e. The Morgan fingerprint density at radius 1 is 0.914 bits per heavy atom. The first kappa shape index (κ1) is 24.1. The number of primary amides is 1. The number of benzene rings is 3. The van der Waals surface area contributed by atoms with Crippen molar-refractivity contribution in [3.8, 4) is 11.5 Å². The number of amides is 3. The second kappa shape index (κ2) is 11.0. The highest BCUT2D eigenvalue weighted by molar-refractivity contribution is 5.79. The average Bonchev–Trinajstić information content (AvgIpc) is 2.86. The molecule has 3 amide bonds. The molecule has 1 heterocycles. The normalized spacial score (nSPS) is 14.3. The van der Waals surface area contributed by atoms with Gasteiger partial charge in [0.05, 0.1) is 12.5 Å². The van der Waals surface area contributed by atoms with Crippen molar-refractivity contribution in [2.75, 3.05) is 31.1 Å². The van der Waals surface area contributed by atoms with Gasteiger partial charge in [-0.2, -0.15) is 0 Å². The average molecular weight is 473 g/mol. The summed E-state index contributed by atoms with van der Waals surface area (Å²) in [4.78, 5) is 29.1. The van der Waals surface area contributed by atoms with Crippen molar-refractivity contribution in [1.29, 1.82) is 0 Å². The quantitative estimate of drug-likeness (QED) is 0.528. The van der Waals surface area contributed by atoms with Crippen molar-refractivity contribution in [1.82, 2.24) is 10.2 Å².